The first kappa shape index (κ1) is 14.2. The van der Waals surface area contributed by atoms with Gasteiger partial charge in [0.2, 0.25) is 11.8 Å². The van der Waals surface area contributed by atoms with Crippen molar-refractivity contribution in [2.45, 2.75) is 37.6 Å². The zero-order chi connectivity index (χ0) is 15.8. The lowest BCUT2D eigenvalue weighted by atomic mass is 10.2. The Morgan fingerprint density at radius 1 is 1.39 bits per heavy atom. The Kier molecular flexibility index (Phi) is 3.48. The van der Waals surface area contributed by atoms with Crippen LogP contribution >= 0.6 is 0 Å². The average Bonchev–Trinajstić information content (AvgIpc) is 3.13. The minimum Gasteiger partial charge on any atom is -0.480 e. The Bertz CT molecular complexity index is 726. The summed E-state index contributed by atoms with van der Waals surface area (Å²) in [6.07, 6.45) is 5.61. The smallest absolute Gasteiger partial charge is 0.260 e. The highest BCUT2D eigenvalue weighted by atomic mass is 16.5. The molecule has 4 rings (SSSR count). The summed E-state index contributed by atoms with van der Waals surface area (Å²) < 4.78 is 10.6. The Balaban J connectivity index is 1.60. The van der Waals surface area contributed by atoms with Gasteiger partial charge in [-0.05, 0) is 37.8 Å². The van der Waals surface area contributed by atoms with E-state index in [4.69, 9.17) is 9.26 Å². The number of pyridine rings is 1. The minimum absolute atomic E-state index is 0.108. The maximum atomic E-state index is 12.9. The van der Waals surface area contributed by atoms with Crippen LogP contribution in [0.15, 0.2) is 22.9 Å². The summed E-state index contributed by atoms with van der Waals surface area (Å²) in [5, 5.41) is 4.06. The molecule has 2 fully saturated rings. The molecule has 1 atom stereocenters. The van der Waals surface area contributed by atoms with Gasteiger partial charge in [-0.3, -0.25) is 4.79 Å². The molecule has 0 bridgehead atoms. The average molecular weight is 314 g/mol. The quantitative estimate of drug-likeness (QED) is 0.861. The van der Waals surface area contributed by atoms with Gasteiger partial charge in [0, 0.05) is 18.7 Å². The van der Waals surface area contributed by atoms with Crippen molar-refractivity contribution in [3.05, 3.63) is 35.6 Å². The molecule has 1 aliphatic carbocycles. The number of likely N-dealkylation sites (tertiary alicyclic amines) is 1. The number of hydrogen-bond donors (Lipinski definition) is 0. The number of amides is 1. The summed E-state index contributed by atoms with van der Waals surface area (Å²) in [6, 6.07) is 3.30. The van der Waals surface area contributed by atoms with Crippen LogP contribution in [-0.4, -0.2) is 39.6 Å². The molecule has 2 aliphatic rings. The lowest BCUT2D eigenvalue weighted by Gasteiger charge is -2.22. The molecule has 1 unspecified atom stereocenters. The highest BCUT2D eigenvalue weighted by molar-refractivity contribution is 5.96. The van der Waals surface area contributed by atoms with Crippen LogP contribution in [-0.2, 0) is 0 Å². The monoisotopic (exact) mass is 314 g/mol. The standard InChI is InChI=1S/C16H18N4O3/c1-22-14-11(4-2-8-17-14)16(21)20-9-3-5-12(20)15-18-13(19-23-15)10-6-7-10/h2,4,8,10,12H,3,5-7,9H2,1H3. The van der Waals surface area contributed by atoms with E-state index in [1.54, 1.807) is 23.2 Å². The third kappa shape index (κ3) is 2.56. The maximum Gasteiger partial charge on any atom is 0.260 e. The second kappa shape index (κ2) is 5.64. The van der Waals surface area contributed by atoms with Crippen molar-refractivity contribution >= 4 is 5.91 Å². The molecule has 0 N–H and O–H groups in total. The van der Waals surface area contributed by atoms with Gasteiger partial charge in [0.15, 0.2) is 5.82 Å². The molecule has 7 nitrogen and oxygen atoms in total. The van der Waals surface area contributed by atoms with Gasteiger partial charge < -0.3 is 14.2 Å². The van der Waals surface area contributed by atoms with Gasteiger partial charge in [0.25, 0.3) is 5.91 Å². The van der Waals surface area contributed by atoms with Crippen molar-refractivity contribution in [3.8, 4) is 5.88 Å². The Hall–Kier alpha value is -2.44. The number of aromatic nitrogens is 3. The second-order valence-corrected chi connectivity index (χ2v) is 5.98. The SMILES string of the molecule is COc1ncccc1C(=O)N1CCCC1c1nc(C2CC2)no1. The molecule has 1 amide bonds. The van der Waals surface area contributed by atoms with E-state index in [0.29, 0.717) is 29.8 Å². The molecule has 1 saturated carbocycles. The number of nitrogens with zero attached hydrogens (tertiary/aromatic N) is 4. The minimum atomic E-state index is -0.160. The molecule has 120 valence electrons. The summed E-state index contributed by atoms with van der Waals surface area (Å²) >= 11 is 0. The van der Waals surface area contributed by atoms with Crippen molar-refractivity contribution < 1.29 is 14.1 Å². The zero-order valence-electron chi connectivity index (χ0n) is 12.9. The lowest BCUT2D eigenvalue weighted by molar-refractivity contribution is 0.0706. The molecule has 3 heterocycles. The molecular weight excluding hydrogens is 296 g/mol. The van der Waals surface area contributed by atoms with Gasteiger partial charge >= 0.3 is 0 Å². The molecule has 0 aromatic carbocycles. The Labute approximate surface area is 133 Å². The molecule has 2 aromatic rings. The third-order valence-electron chi connectivity index (χ3n) is 4.39. The predicted octanol–water partition coefficient (Wildman–Crippen LogP) is 2.33. The Morgan fingerprint density at radius 3 is 3.04 bits per heavy atom. The molecule has 1 saturated heterocycles. The first-order chi connectivity index (χ1) is 11.3. The summed E-state index contributed by atoms with van der Waals surface area (Å²) in [5.41, 5.74) is 0.462. The summed E-state index contributed by atoms with van der Waals surface area (Å²) in [6.45, 7) is 0.669. The molecule has 0 radical (unpaired) electrons. The topological polar surface area (TPSA) is 81.4 Å². The van der Waals surface area contributed by atoms with Crippen LogP contribution in [0.2, 0.25) is 0 Å². The van der Waals surface area contributed by atoms with Crippen LogP contribution in [0.4, 0.5) is 0 Å². The number of ether oxygens (including phenoxy) is 1. The summed E-state index contributed by atoms with van der Waals surface area (Å²) in [7, 11) is 1.51. The van der Waals surface area contributed by atoms with Gasteiger partial charge in [-0.15, -0.1) is 0 Å². The van der Waals surface area contributed by atoms with E-state index < -0.39 is 0 Å². The summed E-state index contributed by atoms with van der Waals surface area (Å²) in [5.74, 6) is 1.99. The second-order valence-electron chi connectivity index (χ2n) is 5.98. The van der Waals surface area contributed by atoms with E-state index >= 15 is 0 Å². The molecule has 1 aliphatic heterocycles. The van der Waals surface area contributed by atoms with E-state index in [2.05, 4.69) is 15.1 Å². The first-order valence-corrected chi connectivity index (χ1v) is 7.91. The normalized spacial score (nSPS) is 20.7. The first-order valence-electron chi connectivity index (χ1n) is 7.91. The van der Waals surface area contributed by atoms with E-state index in [9.17, 15) is 4.79 Å². The van der Waals surface area contributed by atoms with E-state index in [0.717, 1.165) is 31.5 Å². The van der Waals surface area contributed by atoms with Crippen LogP contribution in [0, 0.1) is 0 Å². The molecule has 7 heteroatoms. The Morgan fingerprint density at radius 2 is 2.26 bits per heavy atom. The number of rotatable bonds is 4. The lowest BCUT2D eigenvalue weighted by Crippen LogP contribution is -2.31. The van der Waals surface area contributed by atoms with Crippen molar-refractivity contribution in [1.29, 1.82) is 0 Å². The fraction of sp³-hybridized carbons (Fsp3) is 0.500. The largest absolute Gasteiger partial charge is 0.480 e. The van der Waals surface area contributed by atoms with Gasteiger partial charge in [-0.1, -0.05) is 5.16 Å². The van der Waals surface area contributed by atoms with Crippen molar-refractivity contribution in [2.75, 3.05) is 13.7 Å². The highest BCUT2D eigenvalue weighted by Crippen LogP contribution is 2.40. The number of hydrogen-bond acceptors (Lipinski definition) is 6. The van der Waals surface area contributed by atoms with Gasteiger partial charge in [0.1, 0.15) is 11.6 Å². The highest BCUT2D eigenvalue weighted by Gasteiger charge is 2.37. The van der Waals surface area contributed by atoms with Crippen molar-refractivity contribution in [2.24, 2.45) is 0 Å². The molecular formula is C16H18N4O3. The zero-order valence-corrected chi connectivity index (χ0v) is 12.9. The van der Waals surface area contributed by atoms with E-state index in [-0.39, 0.29) is 11.9 Å². The molecule has 0 spiro atoms. The summed E-state index contributed by atoms with van der Waals surface area (Å²) in [4.78, 5) is 23.3. The number of carbonyl (C=O) groups is 1. The van der Waals surface area contributed by atoms with Crippen LogP contribution < -0.4 is 4.74 Å². The van der Waals surface area contributed by atoms with Gasteiger partial charge in [-0.25, -0.2) is 4.98 Å². The maximum absolute atomic E-state index is 12.9. The predicted molar refractivity (Wildman–Crippen MR) is 80.1 cm³/mol. The van der Waals surface area contributed by atoms with E-state index in [1.807, 2.05) is 0 Å². The van der Waals surface area contributed by atoms with Crippen molar-refractivity contribution in [3.63, 3.8) is 0 Å². The fourth-order valence-corrected chi connectivity index (χ4v) is 3.03. The third-order valence-corrected chi connectivity index (χ3v) is 4.39. The fourth-order valence-electron chi connectivity index (χ4n) is 3.03. The molecule has 23 heavy (non-hydrogen) atoms. The van der Waals surface area contributed by atoms with Gasteiger partial charge in [-0.2, -0.15) is 4.98 Å². The number of carbonyl (C=O) groups excluding carboxylic acids is 1. The van der Waals surface area contributed by atoms with Crippen molar-refractivity contribution in [1.82, 2.24) is 20.0 Å². The molecule has 2 aromatic heterocycles. The van der Waals surface area contributed by atoms with Crippen LogP contribution in [0.25, 0.3) is 0 Å². The van der Waals surface area contributed by atoms with Gasteiger partial charge in [0.05, 0.1) is 7.11 Å². The number of methoxy groups -OCH3 is 1. The van der Waals surface area contributed by atoms with Crippen LogP contribution in [0.5, 0.6) is 5.88 Å². The van der Waals surface area contributed by atoms with E-state index in [1.165, 1.54) is 7.11 Å². The van der Waals surface area contributed by atoms with Crippen LogP contribution in [0.3, 0.4) is 0 Å². The van der Waals surface area contributed by atoms with Crippen LogP contribution in [0.1, 0.15) is 59.7 Å².